The van der Waals surface area contributed by atoms with Crippen LogP contribution in [0.3, 0.4) is 0 Å². The SMILES string of the molecule is COc1cc(-c2noc(COC(=O)c3sccc3C)n2)ccc1OC(F)F. The molecule has 1 aromatic carbocycles. The Hall–Kier alpha value is -3.01. The number of halogens is 2. The van der Waals surface area contributed by atoms with Crippen molar-refractivity contribution in [3.63, 3.8) is 0 Å². The lowest BCUT2D eigenvalue weighted by atomic mass is 10.2. The van der Waals surface area contributed by atoms with Crippen LogP contribution in [0.25, 0.3) is 11.4 Å². The van der Waals surface area contributed by atoms with Crippen molar-refractivity contribution < 1.29 is 32.3 Å². The van der Waals surface area contributed by atoms with Crippen LogP contribution in [0.15, 0.2) is 34.2 Å². The summed E-state index contributed by atoms with van der Waals surface area (Å²) >= 11 is 1.28. The van der Waals surface area contributed by atoms with E-state index in [9.17, 15) is 13.6 Å². The molecule has 0 aliphatic heterocycles. The van der Waals surface area contributed by atoms with E-state index in [2.05, 4.69) is 14.9 Å². The van der Waals surface area contributed by atoms with Crippen LogP contribution in [-0.4, -0.2) is 29.8 Å². The number of methoxy groups -OCH3 is 1. The molecule has 3 rings (SSSR count). The predicted molar refractivity (Wildman–Crippen MR) is 91.1 cm³/mol. The third kappa shape index (κ3) is 4.40. The zero-order valence-corrected chi connectivity index (χ0v) is 15.1. The highest BCUT2D eigenvalue weighted by atomic mass is 32.1. The van der Waals surface area contributed by atoms with Gasteiger partial charge in [-0.2, -0.15) is 13.8 Å². The van der Waals surface area contributed by atoms with Gasteiger partial charge in [0.05, 0.1) is 7.11 Å². The number of thiophene rings is 1. The first-order chi connectivity index (χ1) is 13.0. The third-order valence-electron chi connectivity index (χ3n) is 3.48. The lowest BCUT2D eigenvalue weighted by Crippen LogP contribution is -2.04. The van der Waals surface area contributed by atoms with E-state index in [0.29, 0.717) is 10.4 Å². The lowest BCUT2D eigenvalue weighted by molar-refractivity contribution is -0.0512. The maximum atomic E-state index is 12.4. The normalized spacial score (nSPS) is 10.9. The van der Waals surface area contributed by atoms with Gasteiger partial charge in [-0.25, -0.2) is 4.79 Å². The van der Waals surface area contributed by atoms with Gasteiger partial charge in [-0.1, -0.05) is 5.16 Å². The van der Waals surface area contributed by atoms with Gasteiger partial charge >= 0.3 is 12.6 Å². The summed E-state index contributed by atoms with van der Waals surface area (Å²) < 4.78 is 44.4. The first-order valence-corrected chi connectivity index (χ1v) is 8.53. The number of carbonyl (C=O) groups is 1. The number of esters is 1. The Morgan fingerprint density at radius 3 is 2.78 bits per heavy atom. The maximum absolute atomic E-state index is 12.4. The predicted octanol–water partition coefficient (Wildman–Crippen LogP) is 4.07. The Morgan fingerprint density at radius 1 is 1.30 bits per heavy atom. The minimum atomic E-state index is -2.97. The molecule has 142 valence electrons. The van der Waals surface area contributed by atoms with Crippen LogP contribution in [0.1, 0.15) is 21.1 Å². The van der Waals surface area contributed by atoms with Crippen molar-refractivity contribution in [3.05, 3.63) is 46.0 Å². The number of hydrogen-bond donors (Lipinski definition) is 0. The largest absolute Gasteiger partial charge is 0.493 e. The molecule has 0 spiro atoms. The van der Waals surface area contributed by atoms with Gasteiger partial charge in [0.2, 0.25) is 5.82 Å². The van der Waals surface area contributed by atoms with Gasteiger partial charge < -0.3 is 18.7 Å². The fraction of sp³-hybridized carbons (Fsp3) is 0.235. The Kier molecular flexibility index (Phi) is 5.65. The van der Waals surface area contributed by atoms with Crippen LogP contribution in [0, 0.1) is 6.92 Å². The topological polar surface area (TPSA) is 83.7 Å². The third-order valence-corrected chi connectivity index (χ3v) is 4.48. The summed E-state index contributed by atoms with van der Waals surface area (Å²) in [6.45, 7) is -1.34. The van der Waals surface area contributed by atoms with Crippen molar-refractivity contribution in [2.24, 2.45) is 0 Å². The van der Waals surface area contributed by atoms with Gasteiger partial charge in [0.25, 0.3) is 5.89 Å². The first kappa shape index (κ1) is 18.8. The van der Waals surface area contributed by atoms with Crippen LogP contribution < -0.4 is 9.47 Å². The van der Waals surface area contributed by atoms with E-state index < -0.39 is 12.6 Å². The number of aryl methyl sites for hydroxylation is 1. The Balaban J connectivity index is 1.70. The molecule has 7 nitrogen and oxygen atoms in total. The zero-order valence-electron chi connectivity index (χ0n) is 14.3. The summed E-state index contributed by atoms with van der Waals surface area (Å²) in [5, 5.41) is 5.59. The number of alkyl halides is 2. The van der Waals surface area contributed by atoms with E-state index in [-0.39, 0.29) is 29.8 Å². The number of nitrogens with zero attached hydrogens (tertiary/aromatic N) is 2. The van der Waals surface area contributed by atoms with Gasteiger partial charge in [0.1, 0.15) is 4.88 Å². The van der Waals surface area contributed by atoms with E-state index in [1.54, 1.807) is 5.38 Å². The van der Waals surface area contributed by atoms with Gasteiger partial charge in [0, 0.05) is 5.56 Å². The van der Waals surface area contributed by atoms with Crippen molar-refractivity contribution in [3.8, 4) is 22.9 Å². The summed E-state index contributed by atoms with van der Waals surface area (Å²) in [6.07, 6.45) is 0. The molecular weight excluding hydrogens is 382 g/mol. The summed E-state index contributed by atoms with van der Waals surface area (Å²) in [5.74, 6) is -0.203. The fourth-order valence-corrected chi connectivity index (χ4v) is 3.02. The summed E-state index contributed by atoms with van der Waals surface area (Å²) in [5.41, 5.74) is 1.29. The number of aromatic nitrogens is 2. The number of rotatable bonds is 7. The smallest absolute Gasteiger partial charge is 0.387 e. The fourth-order valence-electron chi connectivity index (χ4n) is 2.21. The molecular formula is C17H14F2N2O5S. The molecule has 0 atom stereocenters. The molecule has 0 N–H and O–H groups in total. The van der Waals surface area contributed by atoms with E-state index in [4.69, 9.17) is 14.0 Å². The molecule has 0 unspecified atom stereocenters. The Bertz CT molecular complexity index is 941. The molecule has 0 saturated heterocycles. The van der Waals surface area contributed by atoms with Crippen LogP contribution in [0.4, 0.5) is 8.78 Å². The number of hydrogen-bond acceptors (Lipinski definition) is 8. The van der Waals surface area contributed by atoms with Crippen molar-refractivity contribution in [2.75, 3.05) is 7.11 Å². The molecule has 0 amide bonds. The van der Waals surface area contributed by atoms with Gasteiger partial charge in [-0.3, -0.25) is 0 Å². The van der Waals surface area contributed by atoms with Crippen molar-refractivity contribution in [1.29, 1.82) is 0 Å². The van der Waals surface area contributed by atoms with E-state index >= 15 is 0 Å². The number of benzene rings is 1. The minimum Gasteiger partial charge on any atom is -0.493 e. The van der Waals surface area contributed by atoms with Crippen molar-refractivity contribution in [2.45, 2.75) is 20.1 Å². The minimum absolute atomic E-state index is 0.0961. The highest BCUT2D eigenvalue weighted by molar-refractivity contribution is 7.12. The second kappa shape index (κ2) is 8.12. The summed E-state index contributed by atoms with van der Waals surface area (Å²) in [4.78, 5) is 16.6. The first-order valence-electron chi connectivity index (χ1n) is 7.65. The molecule has 0 bridgehead atoms. The Morgan fingerprint density at radius 2 is 2.11 bits per heavy atom. The molecule has 2 heterocycles. The average Bonchev–Trinajstić information content (AvgIpc) is 3.28. The second-order valence-electron chi connectivity index (χ2n) is 5.26. The van der Waals surface area contributed by atoms with E-state index in [0.717, 1.165) is 5.56 Å². The monoisotopic (exact) mass is 396 g/mol. The summed E-state index contributed by atoms with van der Waals surface area (Å²) in [7, 11) is 1.32. The highest BCUT2D eigenvalue weighted by Gasteiger charge is 2.17. The number of carbonyl (C=O) groups excluding carboxylic acids is 1. The van der Waals surface area contributed by atoms with Crippen LogP contribution in [0.2, 0.25) is 0 Å². The molecule has 0 aliphatic carbocycles. The lowest BCUT2D eigenvalue weighted by Gasteiger charge is -2.10. The number of ether oxygens (including phenoxy) is 3. The average molecular weight is 396 g/mol. The van der Waals surface area contributed by atoms with E-state index in [1.807, 2.05) is 13.0 Å². The molecule has 0 aliphatic rings. The van der Waals surface area contributed by atoms with Crippen molar-refractivity contribution in [1.82, 2.24) is 10.1 Å². The molecule has 2 aromatic heterocycles. The molecule has 10 heteroatoms. The van der Waals surface area contributed by atoms with Gasteiger partial charge in [-0.05, 0) is 42.1 Å². The van der Waals surface area contributed by atoms with Gasteiger partial charge in [0.15, 0.2) is 18.1 Å². The standard InChI is InChI=1S/C17H14F2N2O5S/c1-9-5-6-27-14(9)16(22)24-8-13-20-15(21-26-13)10-3-4-11(25-17(18)19)12(7-10)23-2/h3-7,17H,8H2,1-2H3. The maximum Gasteiger partial charge on any atom is 0.387 e. The molecule has 0 radical (unpaired) electrons. The van der Waals surface area contributed by atoms with Gasteiger partial charge in [-0.15, -0.1) is 11.3 Å². The zero-order chi connectivity index (χ0) is 19.4. The summed E-state index contributed by atoms with van der Waals surface area (Å²) in [6, 6.07) is 6.06. The van der Waals surface area contributed by atoms with Crippen molar-refractivity contribution >= 4 is 17.3 Å². The van der Waals surface area contributed by atoms with Crippen LogP contribution >= 0.6 is 11.3 Å². The molecule has 0 saturated carbocycles. The van der Waals surface area contributed by atoms with Crippen LogP contribution in [0.5, 0.6) is 11.5 Å². The quantitative estimate of drug-likeness (QED) is 0.557. The van der Waals surface area contributed by atoms with Crippen LogP contribution in [-0.2, 0) is 11.3 Å². The molecule has 3 aromatic rings. The molecule has 27 heavy (non-hydrogen) atoms. The second-order valence-corrected chi connectivity index (χ2v) is 6.18. The Labute approximate surface area is 156 Å². The highest BCUT2D eigenvalue weighted by Crippen LogP contribution is 2.32. The molecule has 0 fully saturated rings. The van der Waals surface area contributed by atoms with E-state index in [1.165, 1.54) is 36.6 Å².